The largest absolute Gasteiger partial charge is 0.239 e. The van der Waals surface area contributed by atoms with Crippen molar-refractivity contribution in [2.45, 2.75) is 20.4 Å². The summed E-state index contributed by atoms with van der Waals surface area (Å²) in [7, 11) is 0. The van der Waals surface area contributed by atoms with E-state index in [-0.39, 0.29) is 0 Å². The molecule has 0 aliphatic carbocycles. The molecular weight excluding hydrogens is 321 g/mol. The molecule has 0 spiro atoms. The monoisotopic (exact) mass is 329 g/mol. The summed E-state index contributed by atoms with van der Waals surface area (Å²) in [6.45, 7) is 5.22. The Kier molecular flexibility index (Phi) is 3.29. The molecule has 0 saturated heterocycles. The van der Waals surface area contributed by atoms with Crippen molar-refractivity contribution >= 4 is 38.5 Å². The molecule has 0 fully saturated rings. The minimum Gasteiger partial charge on any atom is -0.239 e. The first-order chi connectivity index (χ1) is 5.09. The highest BCUT2D eigenvalue weighted by atomic mass is 127. The highest BCUT2D eigenvalue weighted by Crippen LogP contribution is 2.10. The van der Waals surface area contributed by atoms with Crippen LogP contribution in [0.4, 0.5) is 0 Å². The van der Waals surface area contributed by atoms with E-state index in [0.29, 0.717) is 5.92 Å². The summed E-state index contributed by atoms with van der Waals surface area (Å²) < 4.78 is 3.47. The fraction of sp³-hybridized carbons (Fsp3) is 0.667. The van der Waals surface area contributed by atoms with E-state index >= 15 is 0 Å². The highest BCUT2D eigenvalue weighted by Gasteiger charge is 2.05. The standard InChI is InChI=1S/C6H9BrIN3/c1-4(2)3-11-5(7)9-6(8)10-11/h4H,3H2,1-2H3. The van der Waals surface area contributed by atoms with Gasteiger partial charge in [0, 0.05) is 29.1 Å². The molecule has 0 amide bonds. The van der Waals surface area contributed by atoms with Gasteiger partial charge in [0.15, 0.2) is 4.73 Å². The number of nitrogens with zero attached hydrogens (tertiary/aromatic N) is 3. The van der Waals surface area contributed by atoms with E-state index in [4.69, 9.17) is 0 Å². The van der Waals surface area contributed by atoms with Crippen LogP contribution in [0, 0.1) is 9.75 Å². The molecular formula is C6H9BrIN3. The van der Waals surface area contributed by atoms with Gasteiger partial charge in [-0.15, -0.1) is 5.10 Å². The van der Waals surface area contributed by atoms with Crippen molar-refractivity contribution in [2.75, 3.05) is 0 Å². The van der Waals surface area contributed by atoms with Crippen LogP contribution in [0.3, 0.4) is 0 Å². The van der Waals surface area contributed by atoms with Gasteiger partial charge < -0.3 is 0 Å². The van der Waals surface area contributed by atoms with E-state index < -0.39 is 0 Å². The Hall–Kier alpha value is 0.350. The van der Waals surface area contributed by atoms with Crippen LogP contribution >= 0.6 is 38.5 Å². The maximum absolute atomic E-state index is 4.20. The maximum atomic E-state index is 4.20. The van der Waals surface area contributed by atoms with Crippen molar-refractivity contribution in [2.24, 2.45) is 5.92 Å². The molecule has 1 aromatic rings. The summed E-state index contributed by atoms with van der Waals surface area (Å²) in [6.07, 6.45) is 0. The van der Waals surface area contributed by atoms with Crippen LogP contribution in [0.25, 0.3) is 0 Å². The molecule has 0 aliphatic heterocycles. The van der Waals surface area contributed by atoms with Gasteiger partial charge in [-0.05, 0) is 21.8 Å². The Bertz CT molecular complexity index is 246. The first-order valence-corrected chi connectivity index (χ1v) is 5.22. The van der Waals surface area contributed by atoms with Crippen molar-refractivity contribution in [3.05, 3.63) is 8.56 Å². The molecule has 3 nitrogen and oxygen atoms in total. The van der Waals surface area contributed by atoms with Crippen LogP contribution in [0.1, 0.15) is 13.8 Å². The molecule has 0 aliphatic rings. The van der Waals surface area contributed by atoms with Crippen LogP contribution in [0.5, 0.6) is 0 Å². The number of rotatable bonds is 2. The average Bonchev–Trinajstić information content (AvgIpc) is 2.09. The van der Waals surface area contributed by atoms with Crippen molar-refractivity contribution in [1.29, 1.82) is 0 Å². The van der Waals surface area contributed by atoms with Crippen LogP contribution in [0.2, 0.25) is 0 Å². The summed E-state index contributed by atoms with van der Waals surface area (Å²) in [6, 6.07) is 0. The van der Waals surface area contributed by atoms with Gasteiger partial charge >= 0.3 is 0 Å². The third-order valence-corrected chi connectivity index (χ3v) is 2.18. The van der Waals surface area contributed by atoms with E-state index in [1.807, 2.05) is 4.68 Å². The van der Waals surface area contributed by atoms with E-state index in [1.54, 1.807) is 0 Å². The van der Waals surface area contributed by atoms with Crippen LogP contribution in [0.15, 0.2) is 4.73 Å². The molecule has 1 rings (SSSR count). The lowest BCUT2D eigenvalue weighted by atomic mass is 10.2. The fourth-order valence-corrected chi connectivity index (χ4v) is 1.97. The minimum absolute atomic E-state index is 0.601. The Morgan fingerprint density at radius 3 is 2.64 bits per heavy atom. The predicted molar refractivity (Wildman–Crippen MR) is 55.3 cm³/mol. The summed E-state index contributed by atoms with van der Waals surface area (Å²) >= 11 is 5.43. The number of hydrogen-bond donors (Lipinski definition) is 0. The summed E-state index contributed by atoms with van der Waals surface area (Å²) in [4.78, 5) is 4.12. The van der Waals surface area contributed by atoms with Crippen LogP contribution in [-0.4, -0.2) is 14.8 Å². The quantitative estimate of drug-likeness (QED) is 0.779. The summed E-state index contributed by atoms with van der Waals surface area (Å²) in [5.74, 6) is 0.601. The Morgan fingerprint density at radius 2 is 2.27 bits per heavy atom. The molecule has 62 valence electrons. The van der Waals surface area contributed by atoms with Crippen molar-refractivity contribution < 1.29 is 0 Å². The van der Waals surface area contributed by atoms with Gasteiger partial charge in [0.1, 0.15) is 0 Å². The smallest absolute Gasteiger partial charge is 0.212 e. The topological polar surface area (TPSA) is 30.7 Å². The van der Waals surface area contributed by atoms with Gasteiger partial charge in [-0.25, -0.2) is 4.68 Å². The van der Waals surface area contributed by atoms with E-state index in [0.717, 1.165) is 15.1 Å². The van der Waals surface area contributed by atoms with Gasteiger partial charge in [-0.1, -0.05) is 13.8 Å². The molecule has 0 atom stereocenters. The highest BCUT2D eigenvalue weighted by molar-refractivity contribution is 14.1. The van der Waals surface area contributed by atoms with E-state index in [2.05, 4.69) is 62.5 Å². The van der Waals surface area contributed by atoms with Crippen molar-refractivity contribution in [3.8, 4) is 0 Å². The lowest BCUT2D eigenvalue weighted by Crippen LogP contribution is -2.06. The zero-order valence-corrected chi connectivity index (χ0v) is 10.1. The lowest BCUT2D eigenvalue weighted by molar-refractivity contribution is 0.473. The SMILES string of the molecule is CC(C)Cn1nc(I)nc1Br. The first kappa shape index (κ1) is 9.44. The second-order valence-corrected chi connectivity index (χ2v) is 4.40. The van der Waals surface area contributed by atoms with E-state index in [9.17, 15) is 0 Å². The molecule has 1 heterocycles. The molecule has 1 aromatic heterocycles. The Morgan fingerprint density at radius 1 is 1.64 bits per heavy atom. The van der Waals surface area contributed by atoms with Gasteiger partial charge in [0.2, 0.25) is 3.83 Å². The van der Waals surface area contributed by atoms with Crippen LogP contribution in [-0.2, 0) is 6.54 Å². The zero-order chi connectivity index (χ0) is 8.43. The average molecular weight is 330 g/mol. The predicted octanol–water partition coefficient (Wildman–Crippen LogP) is 2.30. The molecule has 0 N–H and O–H groups in total. The molecule has 0 saturated carbocycles. The Balaban J connectivity index is 2.77. The molecule has 0 unspecified atom stereocenters. The molecule has 0 radical (unpaired) electrons. The zero-order valence-electron chi connectivity index (χ0n) is 6.38. The normalized spacial score (nSPS) is 11.0. The summed E-state index contributed by atoms with van der Waals surface area (Å²) in [5.41, 5.74) is 0. The van der Waals surface area contributed by atoms with Crippen LogP contribution < -0.4 is 0 Å². The number of hydrogen-bond acceptors (Lipinski definition) is 2. The minimum atomic E-state index is 0.601. The number of aromatic nitrogens is 3. The molecule has 0 aromatic carbocycles. The van der Waals surface area contributed by atoms with Gasteiger partial charge in [-0.3, -0.25) is 0 Å². The Labute approximate surface area is 87.8 Å². The second kappa shape index (κ2) is 3.84. The number of halogens is 2. The first-order valence-electron chi connectivity index (χ1n) is 3.35. The maximum Gasteiger partial charge on any atom is 0.212 e. The van der Waals surface area contributed by atoms with Crippen molar-refractivity contribution in [1.82, 2.24) is 14.8 Å². The van der Waals surface area contributed by atoms with Gasteiger partial charge in [0.05, 0.1) is 0 Å². The molecule has 11 heavy (non-hydrogen) atoms. The van der Waals surface area contributed by atoms with E-state index in [1.165, 1.54) is 0 Å². The molecule has 5 heteroatoms. The third kappa shape index (κ3) is 2.70. The lowest BCUT2D eigenvalue weighted by Gasteiger charge is -2.03. The fourth-order valence-electron chi connectivity index (χ4n) is 0.759. The third-order valence-electron chi connectivity index (χ3n) is 1.14. The van der Waals surface area contributed by atoms with Gasteiger partial charge in [-0.2, -0.15) is 4.98 Å². The second-order valence-electron chi connectivity index (χ2n) is 2.73. The molecule has 0 bridgehead atoms. The van der Waals surface area contributed by atoms with Gasteiger partial charge in [0.25, 0.3) is 0 Å². The summed E-state index contributed by atoms with van der Waals surface area (Å²) in [5, 5.41) is 4.20. The van der Waals surface area contributed by atoms with Crippen molar-refractivity contribution in [3.63, 3.8) is 0 Å².